The van der Waals surface area contributed by atoms with Crippen LogP contribution in [0.2, 0.25) is 0 Å². The number of thioether (sulfide) groups is 2. The summed E-state index contributed by atoms with van der Waals surface area (Å²) in [7, 11) is 3.77. The lowest BCUT2D eigenvalue weighted by Gasteiger charge is -2.40. The van der Waals surface area contributed by atoms with Gasteiger partial charge >= 0.3 is 0 Å². The van der Waals surface area contributed by atoms with Crippen LogP contribution in [-0.2, 0) is 0 Å². The van der Waals surface area contributed by atoms with E-state index >= 15 is 0 Å². The predicted octanol–water partition coefficient (Wildman–Crippen LogP) is 3.71. The van der Waals surface area contributed by atoms with Crippen LogP contribution in [0.25, 0.3) is 0 Å². The van der Waals surface area contributed by atoms with Crippen LogP contribution in [0.1, 0.15) is 11.6 Å². The Kier molecular flexibility index (Phi) is 6.10. The lowest BCUT2D eigenvalue weighted by atomic mass is 9.96. The Morgan fingerprint density at radius 2 is 1.83 bits per heavy atom. The number of benzene rings is 1. The first-order chi connectivity index (χ1) is 11.0. The molecule has 7 heteroatoms. The van der Waals surface area contributed by atoms with Gasteiger partial charge < -0.3 is 9.80 Å². The van der Waals surface area contributed by atoms with E-state index in [-0.39, 0.29) is 6.04 Å². The van der Waals surface area contributed by atoms with Crippen molar-refractivity contribution < 1.29 is 0 Å². The fraction of sp³-hybridized carbons (Fsp3) is 0.312. The molecule has 4 nitrogen and oxygen atoms in total. The Morgan fingerprint density at radius 1 is 1.22 bits per heavy atom. The van der Waals surface area contributed by atoms with Crippen LogP contribution in [0, 0.1) is 11.3 Å². The van der Waals surface area contributed by atoms with Crippen molar-refractivity contribution in [3.63, 3.8) is 0 Å². The van der Waals surface area contributed by atoms with Gasteiger partial charge in [-0.05, 0) is 30.3 Å². The van der Waals surface area contributed by atoms with E-state index in [0.717, 1.165) is 9.94 Å². The molecule has 0 spiro atoms. The Balaban J connectivity index is 2.66. The fourth-order valence-corrected chi connectivity index (χ4v) is 3.68. The zero-order valence-corrected chi connectivity index (χ0v) is 15.9. The van der Waals surface area contributed by atoms with Crippen molar-refractivity contribution in [1.82, 2.24) is 9.80 Å². The van der Waals surface area contributed by atoms with Gasteiger partial charge in [0.2, 0.25) is 0 Å². The van der Waals surface area contributed by atoms with Crippen LogP contribution >= 0.6 is 35.7 Å². The minimum absolute atomic E-state index is 0.214. The molecule has 0 aromatic heterocycles. The zero-order chi connectivity index (χ0) is 17.0. The van der Waals surface area contributed by atoms with Crippen LogP contribution < -0.4 is 0 Å². The number of aliphatic imine (C=N–C) groups is 1. The molecule has 1 aliphatic rings. The topological polar surface area (TPSA) is 42.6 Å². The van der Waals surface area contributed by atoms with Crippen molar-refractivity contribution in [2.45, 2.75) is 6.04 Å². The van der Waals surface area contributed by atoms with Crippen molar-refractivity contribution in [2.75, 3.05) is 26.6 Å². The molecule has 1 aromatic carbocycles. The molecule has 0 saturated carbocycles. The van der Waals surface area contributed by atoms with Gasteiger partial charge in [-0.25, -0.2) is 4.99 Å². The predicted molar refractivity (Wildman–Crippen MR) is 104 cm³/mol. The summed E-state index contributed by atoms with van der Waals surface area (Å²) >= 11 is 8.68. The molecule has 120 valence electrons. The normalized spacial score (nSPS) is 18.0. The maximum Gasteiger partial charge on any atom is 0.177 e. The maximum absolute atomic E-state index is 9.79. The smallest absolute Gasteiger partial charge is 0.177 e. The number of thiocarbonyl (C=S) groups is 1. The highest BCUT2D eigenvalue weighted by molar-refractivity contribution is 8.38. The van der Waals surface area contributed by atoms with Gasteiger partial charge in [-0.1, -0.05) is 30.3 Å². The van der Waals surface area contributed by atoms with Gasteiger partial charge in [0.1, 0.15) is 10.4 Å². The molecule has 0 bridgehead atoms. The van der Waals surface area contributed by atoms with E-state index < -0.39 is 0 Å². The Hall–Kier alpha value is -1.49. The van der Waals surface area contributed by atoms with E-state index in [1.807, 2.05) is 61.8 Å². The second-order valence-electron chi connectivity index (χ2n) is 4.90. The molecular weight excluding hydrogens is 344 g/mol. The third-order valence-corrected chi connectivity index (χ3v) is 6.03. The van der Waals surface area contributed by atoms with E-state index in [4.69, 9.17) is 12.2 Å². The molecule has 1 unspecified atom stereocenters. The number of likely N-dealkylation sites (N-methyl/N-ethyl adjacent to an activating group) is 1. The van der Waals surface area contributed by atoms with E-state index in [2.05, 4.69) is 11.1 Å². The Bertz CT molecular complexity index is 685. The van der Waals surface area contributed by atoms with Crippen molar-refractivity contribution in [3.8, 4) is 6.07 Å². The van der Waals surface area contributed by atoms with E-state index in [9.17, 15) is 5.26 Å². The summed E-state index contributed by atoms with van der Waals surface area (Å²) in [5.41, 5.74) is 1.64. The largest absolute Gasteiger partial charge is 0.340 e. The van der Waals surface area contributed by atoms with Crippen LogP contribution in [0.3, 0.4) is 0 Å². The zero-order valence-electron chi connectivity index (χ0n) is 13.5. The lowest BCUT2D eigenvalue weighted by molar-refractivity contribution is 0.350. The third-order valence-electron chi connectivity index (χ3n) is 3.59. The number of nitriles is 1. The SMILES string of the molecule is CSC(=NC1=C(C#N)C(c2ccccc2)N(C)C(=S)N1C)SC. The van der Waals surface area contributed by atoms with Crippen molar-refractivity contribution >= 4 is 45.2 Å². The molecule has 1 aromatic rings. The number of rotatable bonds is 2. The van der Waals surface area contributed by atoms with Crippen LogP contribution in [0.4, 0.5) is 0 Å². The molecule has 0 amide bonds. The van der Waals surface area contributed by atoms with Gasteiger partial charge in [0.15, 0.2) is 10.9 Å². The number of nitrogens with zero attached hydrogens (tertiary/aromatic N) is 4. The lowest BCUT2D eigenvalue weighted by Crippen LogP contribution is -2.45. The summed E-state index contributed by atoms with van der Waals surface area (Å²) in [6.07, 6.45) is 3.95. The van der Waals surface area contributed by atoms with Crippen molar-refractivity contribution in [2.24, 2.45) is 4.99 Å². The summed E-state index contributed by atoms with van der Waals surface area (Å²) in [6, 6.07) is 12.1. The maximum atomic E-state index is 9.79. The van der Waals surface area contributed by atoms with Crippen molar-refractivity contribution in [3.05, 3.63) is 47.3 Å². The first-order valence-corrected chi connectivity index (χ1v) is 9.77. The van der Waals surface area contributed by atoms with Gasteiger partial charge in [0.25, 0.3) is 0 Å². The summed E-state index contributed by atoms with van der Waals surface area (Å²) in [6.45, 7) is 0. The second-order valence-corrected chi connectivity index (χ2v) is 7.11. The van der Waals surface area contributed by atoms with Crippen LogP contribution in [0.5, 0.6) is 0 Å². The molecule has 0 saturated heterocycles. The Labute approximate surface area is 151 Å². The molecule has 0 aliphatic carbocycles. The molecule has 1 heterocycles. The highest BCUT2D eigenvalue weighted by atomic mass is 32.2. The van der Waals surface area contributed by atoms with Gasteiger partial charge in [-0.3, -0.25) is 0 Å². The second kappa shape index (κ2) is 7.86. The van der Waals surface area contributed by atoms with Gasteiger partial charge in [0.05, 0.1) is 11.6 Å². The minimum Gasteiger partial charge on any atom is -0.340 e. The first-order valence-electron chi connectivity index (χ1n) is 6.91. The van der Waals surface area contributed by atoms with Crippen LogP contribution in [-0.4, -0.2) is 45.9 Å². The van der Waals surface area contributed by atoms with Crippen LogP contribution in [0.15, 0.2) is 46.7 Å². The molecule has 1 aliphatic heterocycles. The monoisotopic (exact) mass is 362 g/mol. The highest BCUT2D eigenvalue weighted by Gasteiger charge is 2.35. The quantitative estimate of drug-likeness (QED) is 0.454. The van der Waals surface area contributed by atoms with Gasteiger partial charge in [-0.15, -0.1) is 23.5 Å². The molecular formula is C16H18N4S3. The average molecular weight is 363 g/mol. The molecule has 2 rings (SSSR count). The van der Waals surface area contributed by atoms with Gasteiger partial charge in [0, 0.05) is 14.1 Å². The molecule has 1 atom stereocenters. The van der Waals surface area contributed by atoms with E-state index in [0.29, 0.717) is 16.5 Å². The highest BCUT2D eigenvalue weighted by Crippen LogP contribution is 2.36. The summed E-state index contributed by atoms with van der Waals surface area (Å²) < 4.78 is 0.902. The molecule has 0 fully saturated rings. The van der Waals surface area contributed by atoms with Gasteiger partial charge in [-0.2, -0.15) is 5.26 Å². The van der Waals surface area contributed by atoms with E-state index in [1.54, 1.807) is 28.4 Å². The fourth-order valence-electron chi connectivity index (χ4n) is 2.47. The van der Waals surface area contributed by atoms with E-state index in [1.165, 1.54) is 0 Å². The minimum atomic E-state index is -0.214. The average Bonchev–Trinajstić information content (AvgIpc) is 2.59. The first kappa shape index (κ1) is 17.9. The number of hydrogen-bond donors (Lipinski definition) is 0. The summed E-state index contributed by atoms with van der Waals surface area (Å²) in [4.78, 5) is 8.43. The Morgan fingerprint density at radius 3 is 2.35 bits per heavy atom. The van der Waals surface area contributed by atoms with Crippen molar-refractivity contribution in [1.29, 1.82) is 5.26 Å². The standard InChI is InChI=1S/C16H18N4S3/c1-19-13(11-8-6-5-7-9-11)12(10-17)14(20(2)16(19)21)18-15(22-3)23-4/h5-9,13H,1-4H3. The molecule has 23 heavy (non-hydrogen) atoms. The summed E-state index contributed by atoms with van der Waals surface area (Å²) in [5, 5.41) is 10.4. The third kappa shape index (κ3) is 3.55. The number of hydrogen-bond acceptors (Lipinski definition) is 5. The summed E-state index contributed by atoms with van der Waals surface area (Å²) in [5.74, 6) is 0.628. The molecule has 0 radical (unpaired) electrons. The molecule has 0 N–H and O–H groups in total.